The van der Waals surface area contributed by atoms with Crippen molar-refractivity contribution in [3.05, 3.63) is 65.2 Å². The maximum Gasteiger partial charge on any atom is 0.251 e. The van der Waals surface area contributed by atoms with Crippen LogP contribution in [-0.4, -0.2) is 18.6 Å². The van der Waals surface area contributed by atoms with Crippen molar-refractivity contribution < 1.29 is 9.53 Å². The van der Waals surface area contributed by atoms with Crippen LogP contribution in [0.4, 0.5) is 0 Å². The molecule has 2 aromatic carbocycles. The second-order valence-corrected chi connectivity index (χ2v) is 5.81. The van der Waals surface area contributed by atoms with E-state index in [1.165, 1.54) is 5.56 Å². The number of carbonyl (C=O) groups is 1. The summed E-state index contributed by atoms with van der Waals surface area (Å²) >= 11 is 0. The fourth-order valence-electron chi connectivity index (χ4n) is 2.52. The van der Waals surface area contributed by atoms with Crippen LogP contribution in [-0.2, 0) is 6.42 Å². The average Bonchev–Trinajstić information content (AvgIpc) is 2.56. The standard InChI is InChI=1S/C20H25NO2/c1-4-23-19-13-12-18(14-15(19)2)20(22)21-16(3)10-11-17-8-6-5-7-9-17/h5-9,12-14,16H,4,10-11H2,1-3H3,(H,21,22)/t16-/m0/s1. The Morgan fingerprint density at radius 1 is 1.17 bits per heavy atom. The van der Waals surface area contributed by atoms with E-state index < -0.39 is 0 Å². The van der Waals surface area contributed by atoms with Gasteiger partial charge in [0.1, 0.15) is 5.75 Å². The Bertz CT molecular complexity index is 637. The molecule has 0 saturated carbocycles. The molecule has 1 amide bonds. The van der Waals surface area contributed by atoms with Gasteiger partial charge in [0.25, 0.3) is 5.91 Å². The molecule has 3 heteroatoms. The number of benzene rings is 2. The maximum absolute atomic E-state index is 12.3. The SMILES string of the molecule is CCOc1ccc(C(=O)N[C@@H](C)CCc2ccccc2)cc1C. The van der Waals surface area contributed by atoms with E-state index >= 15 is 0 Å². The fourth-order valence-corrected chi connectivity index (χ4v) is 2.52. The van der Waals surface area contributed by atoms with Gasteiger partial charge in [0.05, 0.1) is 6.61 Å². The monoisotopic (exact) mass is 311 g/mol. The van der Waals surface area contributed by atoms with Gasteiger partial charge in [0.2, 0.25) is 0 Å². The molecular formula is C20H25NO2. The highest BCUT2D eigenvalue weighted by Crippen LogP contribution is 2.19. The highest BCUT2D eigenvalue weighted by Gasteiger charge is 2.11. The molecule has 2 rings (SSSR count). The Balaban J connectivity index is 1.89. The van der Waals surface area contributed by atoms with Crippen LogP contribution < -0.4 is 10.1 Å². The molecule has 0 fully saturated rings. The van der Waals surface area contributed by atoms with Gasteiger partial charge in [-0.05, 0) is 62.9 Å². The normalized spacial score (nSPS) is 11.8. The zero-order valence-electron chi connectivity index (χ0n) is 14.1. The number of amides is 1. The first-order valence-corrected chi connectivity index (χ1v) is 8.18. The minimum absolute atomic E-state index is 0.0308. The summed E-state index contributed by atoms with van der Waals surface area (Å²) in [6.07, 6.45) is 1.89. The zero-order chi connectivity index (χ0) is 16.7. The average molecular weight is 311 g/mol. The number of ether oxygens (including phenoxy) is 1. The Labute approximate surface area is 138 Å². The highest BCUT2D eigenvalue weighted by atomic mass is 16.5. The fraction of sp³-hybridized carbons (Fsp3) is 0.350. The smallest absolute Gasteiger partial charge is 0.251 e. The van der Waals surface area contributed by atoms with Gasteiger partial charge >= 0.3 is 0 Å². The van der Waals surface area contributed by atoms with E-state index in [2.05, 4.69) is 17.4 Å². The molecular weight excluding hydrogens is 286 g/mol. The number of nitrogens with one attached hydrogen (secondary N) is 1. The van der Waals surface area contributed by atoms with E-state index in [9.17, 15) is 4.79 Å². The van der Waals surface area contributed by atoms with E-state index in [0.29, 0.717) is 12.2 Å². The molecule has 122 valence electrons. The molecule has 23 heavy (non-hydrogen) atoms. The third kappa shape index (κ3) is 5.13. The number of rotatable bonds is 7. The highest BCUT2D eigenvalue weighted by molar-refractivity contribution is 5.94. The predicted molar refractivity (Wildman–Crippen MR) is 94.0 cm³/mol. The minimum Gasteiger partial charge on any atom is -0.494 e. The van der Waals surface area contributed by atoms with Gasteiger partial charge in [0, 0.05) is 11.6 Å². The van der Waals surface area contributed by atoms with Gasteiger partial charge in [0.15, 0.2) is 0 Å². The molecule has 0 aromatic heterocycles. The van der Waals surface area contributed by atoms with Crippen LogP contribution in [0.25, 0.3) is 0 Å². The molecule has 0 unspecified atom stereocenters. The van der Waals surface area contributed by atoms with Crippen molar-refractivity contribution in [2.45, 2.75) is 39.7 Å². The molecule has 0 bridgehead atoms. The molecule has 1 N–H and O–H groups in total. The van der Waals surface area contributed by atoms with Crippen LogP contribution in [0.3, 0.4) is 0 Å². The molecule has 0 heterocycles. The predicted octanol–water partition coefficient (Wildman–Crippen LogP) is 4.14. The second kappa shape index (κ2) is 8.37. The molecule has 0 radical (unpaired) electrons. The van der Waals surface area contributed by atoms with Crippen molar-refractivity contribution in [3.63, 3.8) is 0 Å². The quantitative estimate of drug-likeness (QED) is 0.834. The van der Waals surface area contributed by atoms with Gasteiger partial charge in [-0.25, -0.2) is 0 Å². The van der Waals surface area contributed by atoms with E-state index in [-0.39, 0.29) is 11.9 Å². The molecule has 0 spiro atoms. The molecule has 0 aliphatic rings. The van der Waals surface area contributed by atoms with Crippen molar-refractivity contribution in [3.8, 4) is 5.75 Å². The summed E-state index contributed by atoms with van der Waals surface area (Å²) in [4.78, 5) is 12.3. The number of carbonyl (C=O) groups excluding carboxylic acids is 1. The van der Waals surface area contributed by atoms with Gasteiger partial charge in [-0.1, -0.05) is 30.3 Å². The van der Waals surface area contributed by atoms with Gasteiger partial charge in [-0.15, -0.1) is 0 Å². The zero-order valence-corrected chi connectivity index (χ0v) is 14.1. The Morgan fingerprint density at radius 2 is 1.91 bits per heavy atom. The summed E-state index contributed by atoms with van der Waals surface area (Å²) in [5, 5.41) is 3.07. The number of hydrogen-bond acceptors (Lipinski definition) is 2. The topological polar surface area (TPSA) is 38.3 Å². The first kappa shape index (κ1) is 17.1. The van der Waals surface area contributed by atoms with Crippen molar-refractivity contribution >= 4 is 5.91 Å². The summed E-state index contributed by atoms with van der Waals surface area (Å²) in [6.45, 7) is 6.58. The van der Waals surface area contributed by atoms with Crippen molar-refractivity contribution in [2.75, 3.05) is 6.61 Å². The van der Waals surface area contributed by atoms with Gasteiger partial charge in [-0.3, -0.25) is 4.79 Å². The van der Waals surface area contributed by atoms with Crippen LogP contribution in [0.15, 0.2) is 48.5 Å². The third-order valence-corrected chi connectivity index (χ3v) is 3.82. The van der Waals surface area contributed by atoms with E-state index in [1.807, 2.05) is 57.2 Å². The minimum atomic E-state index is -0.0308. The molecule has 2 aromatic rings. The lowest BCUT2D eigenvalue weighted by molar-refractivity contribution is 0.0938. The van der Waals surface area contributed by atoms with Crippen molar-refractivity contribution in [1.29, 1.82) is 0 Å². The van der Waals surface area contributed by atoms with Gasteiger partial charge < -0.3 is 10.1 Å². The van der Waals surface area contributed by atoms with Crippen molar-refractivity contribution in [2.24, 2.45) is 0 Å². The lowest BCUT2D eigenvalue weighted by atomic mass is 10.1. The van der Waals surface area contributed by atoms with Crippen LogP contribution in [0.2, 0.25) is 0 Å². The molecule has 3 nitrogen and oxygen atoms in total. The molecule has 1 atom stereocenters. The van der Waals surface area contributed by atoms with Crippen LogP contribution in [0, 0.1) is 6.92 Å². The maximum atomic E-state index is 12.3. The first-order valence-electron chi connectivity index (χ1n) is 8.18. The van der Waals surface area contributed by atoms with Crippen LogP contribution in [0.5, 0.6) is 5.75 Å². The summed E-state index contributed by atoms with van der Waals surface area (Å²) in [7, 11) is 0. The van der Waals surface area contributed by atoms with Gasteiger partial charge in [-0.2, -0.15) is 0 Å². The second-order valence-electron chi connectivity index (χ2n) is 5.81. The van der Waals surface area contributed by atoms with Crippen LogP contribution in [0.1, 0.15) is 41.8 Å². The summed E-state index contributed by atoms with van der Waals surface area (Å²) < 4.78 is 5.51. The molecule has 0 saturated heterocycles. The van der Waals surface area contributed by atoms with E-state index in [1.54, 1.807) is 0 Å². The lowest BCUT2D eigenvalue weighted by Crippen LogP contribution is -2.32. The largest absolute Gasteiger partial charge is 0.494 e. The molecule has 0 aliphatic heterocycles. The number of hydrogen-bond donors (Lipinski definition) is 1. The Kier molecular flexibility index (Phi) is 6.21. The third-order valence-electron chi connectivity index (χ3n) is 3.82. The van der Waals surface area contributed by atoms with Crippen LogP contribution >= 0.6 is 0 Å². The first-order chi connectivity index (χ1) is 11.1. The molecule has 0 aliphatic carbocycles. The van der Waals surface area contributed by atoms with E-state index in [0.717, 1.165) is 24.2 Å². The summed E-state index contributed by atoms with van der Waals surface area (Å²) in [5.41, 5.74) is 2.96. The van der Waals surface area contributed by atoms with Crippen molar-refractivity contribution in [1.82, 2.24) is 5.32 Å². The Morgan fingerprint density at radius 3 is 2.57 bits per heavy atom. The summed E-state index contributed by atoms with van der Waals surface area (Å²) in [6, 6.07) is 16.0. The van der Waals surface area contributed by atoms with E-state index in [4.69, 9.17) is 4.74 Å². The lowest BCUT2D eigenvalue weighted by Gasteiger charge is -2.15. The summed E-state index contributed by atoms with van der Waals surface area (Å²) in [5.74, 6) is 0.804. The Hall–Kier alpha value is -2.29. The number of aryl methyl sites for hydroxylation is 2.